The molecule has 0 radical (unpaired) electrons. The summed E-state index contributed by atoms with van der Waals surface area (Å²) >= 11 is 0. The van der Waals surface area contributed by atoms with Crippen molar-refractivity contribution in [1.82, 2.24) is 13.7 Å². The average molecular weight is 750 g/mol. The highest BCUT2D eigenvalue weighted by Gasteiger charge is 2.33. The molecular weight excluding hydrogens is 719 g/mol. The lowest BCUT2D eigenvalue weighted by molar-refractivity contribution is 1.06. The number of nitriles is 2. The van der Waals surface area contributed by atoms with Gasteiger partial charge < -0.3 is 13.7 Å². The van der Waals surface area contributed by atoms with Gasteiger partial charge in [0.15, 0.2) is 0 Å². The number of fused-ring (bicyclic) bond motifs is 10. The smallest absolute Gasteiger partial charge is 0.104 e. The first-order valence-electron chi connectivity index (χ1n) is 19.7. The Bertz CT molecular complexity index is 3660. The summed E-state index contributed by atoms with van der Waals surface area (Å²) in [4.78, 5) is 0. The molecule has 0 amide bonds. The molecule has 272 valence electrons. The van der Waals surface area contributed by atoms with Gasteiger partial charge in [0.1, 0.15) is 17.7 Å². The lowest BCUT2D eigenvalue weighted by Gasteiger charge is -2.26. The summed E-state index contributed by atoms with van der Waals surface area (Å²) in [5, 5.41) is 32.6. The van der Waals surface area contributed by atoms with Crippen LogP contribution in [0.4, 0.5) is 0 Å². The van der Waals surface area contributed by atoms with Crippen LogP contribution >= 0.6 is 0 Å². The maximum atomic E-state index is 12.1. The van der Waals surface area contributed by atoms with Gasteiger partial charge in [0, 0.05) is 37.9 Å². The second-order valence-corrected chi connectivity index (χ2v) is 15.0. The van der Waals surface area contributed by atoms with Crippen LogP contribution in [0, 0.1) is 22.7 Å². The first-order valence-corrected chi connectivity index (χ1v) is 19.7. The Morgan fingerprint density at radius 3 is 0.983 bits per heavy atom. The van der Waals surface area contributed by atoms with Crippen molar-refractivity contribution >= 4 is 76.2 Å². The van der Waals surface area contributed by atoms with Crippen LogP contribution in [0.1, 0.15) is 11.1 Å². The van der Waals surface area contributed by atoms with Gasteiger partial charge in [0.05, 0.1) is 55.7 Å². The van der Waals surface area contributed by atoms with Crippen molar-refractivity contribution in [2.75, 3.05) is 0 Å². The van der Waals surface area contributed by atoms with Gasteiger partial charge in [-0.1, -0.05) is 152 Å². The minimum absolute atomic E-state index is 0.460. The predicted molar refractivity (Wildman–Crippen MR) is 242 cm³/mol. The van der Waals surface area contributed by atoms with Crippen molar-refractivity contribution in [2.45, 2.75) is 0 Å². The second kappa shape index (κ2) is 12.6. The van der Waals surface area contributed by atoms with E-state index in [1.807, 2.05) is 48.5 Å². The largest absolute Gasteiger partial charge is 0.307 e. The zero-order chi connectivity index (χ0) is 39.2. The third-order valence-corrected chi connectivity index (χ3v) is 12.1. The lowest BCUT2D eigenvalue weighted by atomic mass is 9.88. The molecule has 0 fully saturated rings. The second-order valence-electron chi connectivity index (χ2n) is 15.0. The molecule has 12 rings (SSSR count). The SMILES string of the molecule is N#Cc1c(-c2cccc3ccccc23)c(-n2c3ccccc3c3ccccc32)c(C#N)c(-n2c3ccccc3c3ccccc32)c1-n1c2ccccc2c2ccccc21. The summed E-state index contributed by atoms with van der Waals surface area (Å²) in [6, 6.07) is 70.5. The number of nitrogens with zero attached hydrogens (tertiary/aromatic N) is 5. The monoisotopic (exact) mass is 749 g/mol. The summed E-state index contributed by atoms with van der Waals surface area (Å²) in [5.74, 6) is 0. The highest BCUT2D eigenvalue weighted by Crippen LogP contribution is 2.49. The Labute approximate surface area is 338 Å². The first kappa shape index (κ1) is 32.8. The highest BCUT2D eigenvalue weighted by atomic mass is 15.1. The van der Waals surface area contributed by atoms with Gasteiger partial charge in [0.2, 0.25) is 0 Å². The van der Waals surface area contributed by atoms with E-state index in [1.54, 1.807) is 0 Å². The summed E-state index contributed by atoms with van der Waals surface area (Å²) < 4.78 is 6.69. The van der Waals surface area contributed by atoms with Crippen LogP contribution in [-0.2, 0) is 0 Å². The zero-order valence-corrected chi connectivity index (χ0v) is 31.6. The van der Waals surface area contributed by atoms with Crippen molar-refractivity contribution in [3.05, 3.63) is 199 Å². The van der Waals surface area contributed by atoms with Gasteiger partial charge in [-0.05, 0) is 52.7 Å². The first-order chi connectivity index (χ1) is 29.3. The minimum atomic E-state index is 0.460. The van der Waals surface area contributed by atoms with E-state index in [-0.39, 0.29) is 0 Å². The highest BCUT2D eigenvalue weighted by molar-refractivity contribution is 6.15. The number of para-hydroxylation sites is 6. The van der Waals surface area contributed by atoms with Crippen molar-refractivity contribution in [3.8, 4) is 40.3 Å². The molecule has 0 aliphatic heterocycles. The fraction of sp³-hybridized carbons (Fsp3) is 0. The molecule has 9 aromatic carbocycles. The molecule has 59 heavy (non-hydrogen) atoms. The molecule has 0 spiro atoms. The number of hydrogen-bond acceptors (Lipinski definition) is 2. The average Bonchev–Trinajstić information content (AvgIpc) is 3.94. The molecule has 0 aliphatic carbocycles. The van der Waals surface area contributed by atoms with Crippen molar-refractivity contribution in [2.24, 2.45) is 0 Å². The molecule has 0 atom stereocenters. The number of aromatic nitrogens is 3. The van der Waals surface area contributed by atoms with Crippen LogP contribution in [-0.4, -0.2) is 13.7 Å². The van der Waals surface area contributed by atoms with Gasteiger partial charge in [-0.25, -0.2) is 0 Å². The van der Waals surface area contributed by atoms with Crippen molar-refractivity contribution < 1.29 is 0 Å². The Morgan fingerprint density at radius 2 is 0.593 bits per heavy atom. The molecule has 0 saturated carbocycles. The van der Waals surface area contributed by atoms with E-state index in [4.69, 9.17) is 0 Å². The Hall–Kier alpha value is -8.38. The quantitative estimate of drug-likeness (QED) is 0.180. The molecule has 0 N–H and O–H groups in total. The normalized spacial score (nSPS) is 11.7. The topological polar surface area (TPSA) is 62.4 Å². The third kappa shape index (κ3) is 4.47. The van der Waals surface area contributed by atoms with E-state index >= 15 is 0 Å². The summed E-state index contributed by atoms with van der Waals surface area (Å²) in [5.41, 5.74) is 10.2. The summed E-state index contributed by atoms with van der Waals surface area (Å²) in [7, 11) is 0. The Kier molecular flexibility index (Phi) is 6.99. The van der Waals surface area contributed by atoms with E-state index in [0.29, 0.717) is 33.8 Å². The van der Waals surface area contributed by atoms with E-state index in [9.17, 15) is 10.5 Å². The van der Waals surface area contributed by atoms with Gasteiger partial charge in [0.25, 0.3) is 0 Å². The molecule has 0 aliphatic rings. The van der Waals surface area contributed by atoms with E-state index in [2.05, 4.69) is 165 Å². The summed E-state index contributed by atoms with van der Waals surface area (Å²) in [6.45, 7) is 0. The van der Waals surface area contributed by atoms with E-state index in [1.165, 1.54) is 0 Å². The molecule has 5 heteroatoms. The van der Waals surface area contributed by atoms with Crippen molar-refractivity contribution in [3.63, 3.8) is 0 Å². The molecule has 0 saturated heterocycles. The molecule has 3 aromatic heterocycles. The van der Waals surface area contributed by atoms with Gasteiger partial charge in [-0.3, -0.25) is 0 Å². The fourth-order valence-electron chi connectivity index (χ4n) is 9.78. The predicted octanol–water partition coefficient (Wildman–Crippen LogP) is 13.5. The van der Waals surface area contributed by atoms with Crippen LogP contribution in [0.5, 0.6) is 0 Å². The Morgan fingerprint density at radius 1 is 0.288 bits per heavy atom. The van der Waals surface area contributed by atoms with E-state index < -0.39 is 0 Å². The maximum absolute atomic E-state index is 12.1. The van der Waals surface area contributed by atoms with Crippen LogP contribution in [0.25, 0.3) is 104 Å². The number of benzene rings is 9. The standard InChI is InChI=1S/C54H31N5/c55-32-43-51(42-25-15-17-34-16-1-2-18-35(34)42)52(57-45-26-9-3-19-36(45)37-20-4-10-27-46(37)57)44(33-56)54(59-49-30-13-7-23-40(49)41-24-8-14-31-50(41)59)53(43)58-47-28-11-5-21-38(47)39-22-6-12-29-48(39)58/h1-31H. The van der Waals surface area contributed by atoms with Gasteiger partial charge >= 0.3 is 0 Å². The number of hydrogen-bond donors (Lipinski definition) is 0. The molecule has 0 unspecified atom stereocenters. The molecule has 3 heterocycles. The van der Waals surface area contributed by atoms with Crippen LogP contribution in [0.2, 0.25) is 0 Å². The fourth-order valence-corrected chi connectivity index (χ4v) is 9.78. The third-order valence-electron chi connectivity index (χ3n) is 12.1. The molecule has 5 nitrogen and oxygen atoms in total. The van der Waals surface area contributed by atoms with Crippen LogP contribution in [0.3, 0.4) is 0 Å². The molecular formula is C54H31N5. The minimum Gasteiger partial charge on any atom is -0.307 e. The zero-order valence-electron chi connectivity index (χ0n) is 31.6. The van der Waals surface area contributed by atoms with Gasteiger partial charge in [-0.15, -0.1) is 0 Å². The molecule has 0 bridgehead atoms. The van der Waals surface area contributed by atoms with Crippen LogP contribution < -0.4 is 0 Å². The van der Waals surface area contributed by atoms with E-state index in [0.717, 1.165) is 81.8 Å². The van der Waals surface area contributed by atoms with Crippen LogP contribution in [0.15, 0.2) is 188 Å². The summed E-state index contributed by atoms with van der Waals surface area (Å²) in [6.07, 6.45) is 0. The lowest BCUT2D eigenvalue weighted by Crippen LogP contribution is -2.14. The number of rotatable bonds is 4. The molecule has 12 aromatic rings. The van der Waals surface area contributed by atoms with Crippen molar-refractivity contribution in [1.29, 1.82) is 10.5 Å². The Balaban J connectivity index is 1.43. The maximum Gasteiger partial charge on any atom is 0.104 e. The van der Waals surface area contributed by atoms with Gasteiger partial charge in [-0.2, -0.15) is 10.5 Å².